The van der Waals surface area contributed by atoms with E-state index in [1.54, 1.807) is 30.4 Å². The van der Waals surface area contributed by atoms with Crippen molar-refractivity contribution in [3.8, 4) is 17.2 Å². The van der Waals surface area contributed by atoms with Gasteiger partial charge < -0.3 is 24.6 Å². The summed E-state index contributed by atoms with van der Waals surface area (Å²) >= 11 is 1.58. The minimum Gasteiger partial charge on any atom is -0.500 e. The van der Waals surface area contributed by atoms with Crippen molar-refractivity contribution in [2.24, 2.45) is 0 Å². The number of ether oxygens (including phenoxy) is 3. The van der Waals surface area contributed by atoms with E-state index >= 15 is 0 Å². The van der Waals surface area contributed by atoms with Gasteiger partial charge in [-0.05, 0) is 48.6 Å². The quantitative estimate of drug-likeness (QED) is 0.149. The van der Waals surface area contributed by atoms with Gasteiger partial charge in [-0.3, -0.25) is 14.9 Å². The van der Waals surface area contributed by atoms with Gasteiger partial charge in [0.25, 0.3) is 0 Å². The Labute approximate surface area is 240 Å². The van der Waals surface area contributed by atoms with Crippen LogP contribution in [0.3, 0.4) is 0 Å². The van der Waals surface area contributed by atoms with Gasteiger partial charge in [0.05, 0.1) is 17.6 Å². The van der Waals surface area contributed by atoms with Crippen LogP contribution in [0.15, 0.2) is 82.5 Å². The van der Waals surface area contributed by atoms with Gasteiger partial charge in [0, 0.05) is 46.2 Å². The normalized spacial score (nSPS) is 18.4. The molecule has 0 spiro atoms. The third-order valence-corrected chi connectivity index (χ3v) is 8.18. The Morgan fingerprint density at radius 3 is 2.61 bits per heavy atom. The molecule has 5 rings (SSSR count). The number of nitro groups is 1. The summed E-state index contributed by atoms with van der Waals surface area (Å²) in [6.07, 6.45) is 0.751. The molecule has 1 aromatic heterocycles. The lowest BCUT2D eigenvalue weighted by molar-refractivity contribution is -0.386. The maximum Gasteiger partial charge on any atom is 0.336 e. The van der Waals surface area contributed by atoms with E-state index in [9.17, 15) is 24.8 Å². The molecule has 0 fully saturated rings. The number of benzene rings is 2. The number of ketones is 1. The Balaban J connectivity index is 1.51. The predicted octanol–water partition coefficient (Wildman–Crippen LogP) is 5.35. The molecule has 212 valence electrons. The standard InChI is InChI=1S/C30H28N2O8S/c1-17-26(30(35)40-11-10-39-20-7-4-3-5-8-20)27(19-14-22(32(36)37)29(34)24(16-19)38-2)28-21(31-17)13-18(15-23(28)33)25-9-6-12-41-25/h3-9,12,14,16,18,27,31,34H,10-11,13,15H2,1-2H3/t18-,27-/m0/s1. The number of para-hydroxylation sites is 1. The summed E-state index contributed by atoms with van der Waals surface area (Å²) in [5.74, 6) is -2.03. The first-order chi connectivity index (χ1) is 19.8. The van der Waals surface area contributed by atoms with E-state index in [4.69, 9.17) is 14.2 Å². The lowest BCUT2D eigenvalue weighted by Gasteiger charge is -2.36. The van der Waals surface area contributed by atoms with Crippen LogP contribution >= 0.6 is 11.3 Å². The fourth-order valence-electron chi connectivity index (χ4n) is 5.33. The van der Waals surface area contributed by atoms with Crippen molar-refractivity contribution in [3.05, 3.63) is 103 Å². The van der Waals surface area contributed by atoms with E-state index in [2.05, 4.69) is 5.32 Å². The number of carbonyl (C=O) groups excluding carboxylic acids is 2. The maximum atomic E-state index is 13.7. The highest BCUT2D eigenvalue weighted by Gasteiger charge is 2.42. The summed E-state index contributed by atoms with van der Waals surface area (Å²) in [6.45, 7) is 1.75. The van der Waals surface area contributed by atoms with Gasteiger partial charge >= 0.3 is 11.7 Å². The molecule has 1 aliphatic carbocycles. The van der Waals surface area contributed by atoms with Crippen LogP contribution in [-0.4, -0.2) is 42.1 Å². The molecular formula is C30H28N2O8S. The molecule has 2 atom stereocenters. The van der Waals surface area contributed by atoms with Crippen molar-refractivity contribution in [3.63, 3.8) is 0 Å². The zero-order valence-corrected chi connectivity index (χ0v) is 23.2. The molecule has 0 bridgehead atoms. The summed E-state index contributed by atoms with van der Waals surface area (Å²) < 4.78 is 16.4. The molecule has 41 heavy (non-hydrogen) atoms. The molecule has 2 aliphatic rings. The molecule has 0 amide bonds. The molecule has 2 N–H and O–H groups in total. The van der Waals surface area contributed by atoms with Crippen LogP contribution in [0.1, 0.15) is 42.0 Å². The number of phenols is 1. The van der Waals surface area contributed by atoms with Gasteiger partial charge in [-0.25, -0.2) is 4.79 Å². The number of phenolic OH excluding ortho intramolecular Hbond substituents is 1. The van der Waals surface area contributed by atoms with E-state index in [1.807, 2.05) is 35.7 Å². The second kappa shape index (κ2) is 11.8. The zero-order valence-electron chi connectivity index (χ0n) is 22.4. The minimum absolute atomic E-state index is 0.0328. The van der Waals surface area contributed by atoms with Gasteiger partial charge in [0.1, 0.15) is 19.0 Å². The van der Waals surface area contributed by atoms with Crippen molar-refractivity contribution in [2.45, 2.75) is 31.6 Å². The first-order valence-electron chi connectivity index (χ1n) is 13.0. The van der Waals surface area contributed by atoms with Gasteiger partial charge in [0.2, 0.25) is 5.75 Å². The minimum atomic E-state index is -0.973. The van der Waals surface area contributed by atoms with Crippen LogP contribution in [0, 0.1) is 10.1 Å². The van der Waals surface area contributed by atoms with E-state index in [0.29, 0.717) is 29.1 Å². The largest absolute Gasteiger partial charge is 0.500 e. The second-order valence-corrected chi connectivity index (χ2v) is 10.7. The van der Waals surface area contributed by atoms with Crippen LogP contribution in [0.4, 0.5) is 5.69 Å². The highest BCUT2D eigenvalue weighted by atomic mass is 32.1. The topological polar surface area (TPSA) is 137 Å². The number of nitro benzene ring substituents is 1. The smallest absolute Gasteiger partial charge is 0.336 e. The summed E-state index contributed by atoms with van der Waals surface area (Å²) in [7, 11) is 1.27. The molecule has 11 heteroatoms. The van der Waals surface area contributed by atoms with Crippen molar-refractivity contribution in [1.82, 2.24) is 5.32 Å². The van der Waals surface area contributed by atoms with Crippen LogP contribution in [0.2, 0.25) is 0 Å². The van der Waals surface area contributed by atoms with E-state index in [-0.39, 0.29) is 48.2 Å². The number of aromatic hydroxyl groups is 1. The molecule has 0 saturated heterocycles. The van der Waals surface area contributed by atoms with Gasteiger partial charge in [0.15, 0.2) is 11.5 Å². The third-order valence-electron chi connectivity index (χ3n) is 7.15. The van der Waals surface area contributed by atoms with E-state index in [0.717, 1.165) is 4.88 Å². The number of hydrogen-bond acceptors (Lipinski definition) is 10. The van der Waals surface area contributed by atoms with Crippen molar-refractivity contribution in [2.75, 3.05) is 20.3 Å². The number of esters is 1. The van der Waals surface area contributed by atoms with Crippen LogP contribution in [-0.2, 0) is 14.3 Å². The van der Waals surface area contributed by atoms with Crippen molar-refractivity contribution >= 4 is 28.8 Å². The van der Waals surface area contributed by atoms with E-state index in [1.165, 1.54) is 19.2 Å². The molecule has 0 saturated carbocycles. The Morgan fingerprint density at radius 1 is 1.15 bits per heavy atom. The molecule has 10 nitrogen and oxygen atoms in total. The number of hydrogen-bond donors (Lipinski definition) is 2. The number of dihydropyridines is 1. The first kappa shape index (κ1) is 27.9. The number of carbonyl (C=O) groups is 2. The van der Waals surface area contributed by atoms with Crippen LogP contribution < -0.4 is 14.8 Å². The Bertz CT molecular complexity index is 1550. The molecule has 2 aromatic carbocycles. The summed E-state index contributed by atoms with van der Waals surface area (Å²) in [5, 5.41) is 27.4. The first-order valence-corrected chi connectivity index (χ1v) is 13.8. The zero-order chi connectivity index (χ0) is 29.1. The number of thiophene rings is 1. The fourth-order valence-corrected chi connectivity index (χ4v) is 6.16. The fraction of sp³-hybridized carbons (Fsp3) is 0.267. The monoisotopic (exact) mass is 576 g/mol. The molecule has 1 aliphatic heterocycles. The van der Waals surface area contributed by atoms with Crippen LogP contribution in [0.5, 0.6) is 17.2 Å². The molecule has 0 radical (unpaired) electrons. The average Bonchev–Trinajstić information content (AvgIpc) is 3.50. The summed E-state index contributed by atoms with van der Waals surface area (Å²) in [4.78, 5) is 39.4. The second-order valence-electron chi connectivity index (χ2n) is 9.68. The van der Waals surface area contributed by atoms with Gasteiger partial charge in [-0.15, -0.1) is 11.3 Å². The number of allylic oxidation sites excluding steroid dienone is 3. The number of methoxy groups -OCH3 is 1. The van der Waals surface area contributed by atoms with E-state index < -0.39 is 28.2 Å². The number of nitrogens with zero attached hydrogens (tertiary/aromatic N) is 1. The van der Waals surface area contributed by atoms with Crippen LogP contribution in [0.25, 0.3) is 0 Å². The lowest BCUT2D eigenvalue weighted by Crippen LogP contribution is -2.36. The summed E-state index contributed by atoms with van der Waals surface area (Å²) in [6, 6.07) is 15.6. The molecule has 2 heterocycles. The van der Waals surface area contributed by atoms with Crippen molar-refractivity contribution < 1.29 is 33.8 Å². The highest BCUT2D eigenvalue weighted by molar-refractivity contribution is 7.10. The summed E-state index contributed by atoms with van der Waals surface area (Å²) in [5.41, 5.74) is 1.28. The third kappa shape index (κ3) is 5.66. The maximum absolute atomic E-state index is 13.7. The van der Waals surface area contributed by atoms with Crippen molar-refractivity contribution in [1.29, 1.82) is 0 Å². The van der Waals surface area contributed by atoms with Gasteiger partial charge in [-0.1, -0.05) is 24.3 Å². The Morgan fingerprint density at radius 2 is 1.93 bits per heavy atom. The SMILES string of the molecule is COc1cc([C@H]2C(C(=O)OCCOc3ccccc3)=C(C)NC3=C2C(=O)C[C@@H](c2cccs2)C3)cc([N+](=O)[O-])c1O. The number of nitrogens with one attached hydrogen (secondary N) is 1. The number of rotatable bonds is 9. The van der Waals surface area contributed by atoms with Gasteiger partial charge in [-0.2, -0.15) is 0 Å². The molecular weight excluding hydrogens is 548 g/mol. The average molecular weight is 577 g/mol. The molecule has 3 aromatic rings. The Kier molecular flexibility index (Phi) is 8.06. The lowest BCUT2D eigenvalue weighted by atomic mass is 9.72. The molecule has 0 unspecified atom stereocenters. The highest BCUT2D eigenvalue weighted by Crippen LogP contribution is 2.49. The number of Topliss-reactive ketones (excluding diaryl/α,β-unsaturated/α-hetero) is 1. The predicted molar refractivity (Wildman–Crippen MR) is 151 cm³/mol. The Hall–Kier alpha value is -4.64.